The number of benzene rings is 2. The number of thiazole rings is 1. The molecule has 0 unspecified atom stereocenters. The number of nitrogens with zero attached hydrogens (tertiary/aromatic N) is 1. The summed E-state index contributed by atoms with van der Waals surface area (Å²) in [5.74, 6) is -0.860. The van der Waals surface area contributed by atoms with Crippen LogP contribution in [0.25, 0.3) is 10.6 Å². The fourth-order valence-corrected chi connectivity index (χ4v) is 3.22. The number of carbonyl (C=O) groups is 1. The molecule has 1 aromatic heterocycles. The summed E-state index contributed by atoms with van der Waals surface area (Å²) in [6.07, 6.45) is -4.51. The Kier molecular flexibility index (Phi) is 5.64. The van der Waals surface area contributed by atoms with Gasteiger partial charge in [-0.05, 0) is 37.3 Å². The van der Waals surface area contributed by atoms with Gasteiger partial charge in [-0.25, -0.2) is 9.37 Å². The van der Waals surface area contributed by atoms with E-state index in [-0.39, 0.29) is 22.0 Å². The molecule has 3 rings (SSSR count). The van der Waals surface area contributed by atoms with E-state index in [0.29, 0.717) is 12.4 Å². The summed E-state index contributed by atoms with van der Waals surface area (Å²) in [7, 11) is 0. The number of nitrogens with one attached hydrogen (secondary N) is 1. The van der Waals surface area contributed by atoms with Gasteiger partial charge in [-0.1, -0.05) is 6.07 Å². The Balaban J connectivity index is 1.78. The smallest absolute Gasteiger partial charge is 0.416 e. The molecule has 0 bridgehead atoms. The minimum Gasteiger partial charge on any atom is -0.494 e. The molecule has 1 amide bonds. The second kappa shape index (κ2) is 7.97. The number of ether oxygens (including phenoxy) is 1. The average Bonchev–Trinajstić information content (AvgIpc) is 3.11. The van der Waals surface area contributed by atoms with Crippen molar-refractivity contribution in [3.63, 3.8) is 0 Å². The third-order valence-electron chi connectivity index (χ3n) is 3.67. The molecule has 0 aliphatic heterocycles. The molecule has 4 nitrogen and oxygen atoms in total. The summed E-state index contributed by atoms with van der Waals surface area (Å²) in [6, 6.07) is 8.58. The third kappa shape index (κ3) is 4.48. The van der Waals surface area contributed by atoms with Crippen LogP contribution in [0.4, 0.5) is 23.2 Å². The fourth-order valence-electron chi connectivity index (χ4n) is 2.40. The van der Waals surface area contributed by atoms with Crippen molar-refractivity contribution in [2.24, 2.45) is 0 Å². The Morgan fingerprint density at radius 3 is 2.68 bits per heavy atom. The number of alkyl halides is 3. The molecule has 9 heteroatoms. The van der Waals surface area contributed by atoms with Crippen molar-refractivity contribution in [1.29, 1.82) is 0 Å². The quantitative estimate of drug-likeness (QED) is 0.556. The van der Waals surface area contributed by atoms with Gasteiger partial charge in [0, 0.05) is 22.7 Å². The predicted molar refractivity (Wildman–Crippen MR) is 98.1 cm³/mol. The van der Waals surface area contributed by atoms with Crippen molar-refractivity contribution in [2.75, 3.05) is 11.9 Å². The first-order chi connectivity index (χ1) is 13.3. The summed E-state index contributed by atoms with van der Waals surface area (Å²) < 4.78 is 57.8. The van der Waals surface area contributed by atoms with Gasteiger partial charge in [0.2, 0.25) is 0 Å². The average molecular weight is 410 g/mol. The molecule has 0 radical (unpaired) electrons. The molecule has 2 aromatic carbocycles. The van der Waals surface area contributed by atoms with E-state index >= 15 is 0 Å². The van der Waals surface area contributed by atoms with Crippen LogP contribution in [-0.4, -0.2) is 17.5 Å². The molecule has 0 aliphatic carbocycles. The highest BCUT2D eigenvalue weighted by Gasteiger charge is 2.30. The number of aromatic nitrogens is 1. The largest absolute Gasteiger partial charge is 0.494 e. The fraction of sp³-hybridized carbons (Fsp3) is 0.158. The van der Waals surface area contributed by atoms with Gasteiger partial charge < -0.3 is 10.1 Å². The van der Waals surface area contributed by atoms with E-state index in [0.717, 1.165) is 23.5 Å². The summed E-state index contributed by atoms with van der Waals surface area (Å²) in [6.45, 7) is 2.18. The summed E-state index contributed by atoms with van der Waals surface area (Å²) in [5.41, 5.74) is -0.709. The van der Waals surface area contributed by atoms with Crippen molar-refractivity contribution in [2.45, 2.75) is 13.1 Å². The van der Waals surface area contributed by atoms with Crippen LogP contribution in [0.3, 0.4) is 0 Å². The second-order valence-electron chi connectivity index (χ2n) is 5.65. The van der Waals surface area contributed by atoms with Crippen LogP contribution in [0, 0.1) is 5.82 Å². The lowest BCUT2D eigenvalue weighted by molar-refractivity contribution is -0.137. The maximum atomic E-state index is 14.3. The number of amides is 1. The molecule has 28 heavy (non-hydrogen) atoms. The summed E-state index contributed by atoms with van der Waals surface area (Å²) in [4.78, 5) is 16.4. The molecule has 0 atom stereocenters. The topological polar surface area (TPSA) is 51.2 Å². The van der Waals surface area contributed by atoms with Crippen LogP contribution >= 0.6 is 11.3 Å². The Labute approximate surface area is 161 Å². The van der Waals surface area contributed by atoms with Crippen LogP contribution in [0.15, 0.2) is 47.8 Å². The number of hydrogen-bond acceptors (Lipinski definition) is 4. The highest BCUT2D eigenvalue weighted by molar-refractivity contribution is 7.13. The van der Waals surface area contributed by atoms with E-state index in [1.165, 1.54) is 29.6 Å². The summed E-state index contributed by atoms with van der Waals surface area (Å²) in [5, 5.41) is 4.05. The first-order valence-corrected chi connectivity index (χ1v) is 9.02. The highest BCUT2D eigenvalue weighted by atomic mass is 32.1. The molecule has 146 valence electrons. The molecular weight excluding hydrogens is 396 g/mol. The third-order valence-corrected chi connectivity index (χ3v) is 4.54. The van der Waals surface area contributed by atoms with E-state index in [1.807, 2.05) is 0 Å². The number of rotatable bonds is 5. The van der Waals surface area contributed by atoms with Crippen LogP contribution in [0.2, 0.25) is 0 Å². The van der Waals surface area contributed by atoms with E-state index in [9.17, 15) is 22.4 Å². The van der Waals surface area contributed by atoms with Crippen molar-refractivity contribution >= 4 is 22.9 Å². The molecular formula is C19H14F4N2O2S. The number of carbonyl (C=O) groups excluding carboxylic acids is 1. The lowest BCUT2D eigenvalue weighted by Crippen LogP contribution is -2.13. The Bertz CT molecular complexity index is 1000. The van der Waals surface area contributed by atoms with Gasteiger partial charge in [-0.3, -0.25) is 4.79 Å². The normalized spacial score (nSPS) is 11.3. The molecule has 3 aromatic rings. The molecule has 0 saturated heterocycles. The minimum atomic E-state index is -4.51. The van der Waals surface area contributed by atoms with Gasteiger partial charge in [0.15, 0.2) is 0 Å². The predicted octanol–water partition coefficient (Wildman–Crippen LogP) is 5.62. The van der Waals surface area contributed by atoms with E-state index in [4.69, 9.17) is 4.74 Å². The number of hydrogen-bond donors (Lipinski definition) is 1. The van der Waals surface area contributed by atoms with Gasteiger partial charge in [0.05, 0.1) is 12.2 Å². The van der Waals surface area contributed by atoms with Crippen molar-refractivity contribution in [3.8, 4) is 16.3 Å². The van der Waals surface area contributed by atoms with Crippen LogP contribution in [0.5, 0.6) is 5.75 Å². The van der Waals surface area contributed by atoms with Gasteiger partial charge in [-0.15, -0.1) is 11.3 Å². The second-order valence-corrected chi connectivity index (χ2v) is 6.50. The van der Waals surface area contributed by atoms with Crippen LogP contribution in [-0.2, 0) is 6.18 Å². The SMILES string of the molecule is CCOc1ccc(-c2nc(C(=O)Nc3cccc(C(F)(F)F)c3)cs2)c(F)c1. The van der Waals surface area contributed by atoms with Gasteiger partial charge in [-0.2, -0.15) is 13.2 Å². The van der Waals surface area contributed by atoms with Crippen molar-refractivity contribution in [1.82, 2.24) is 4.98 Å². The van der Waals surface area contributed by atoms with Crippen molar-refractivity contribution < 1.29 is 27.1 Å². The van der Waals surface area contributed by atoms with Gasteiger partial charge in [0.25, 0.3) is 5.91 Å². The number of halogens is 4. The van der Waals surface area contributed by atoms with E-state index in [1.54, 1.807) is 13.0 Å². The molecule has 1 N–H and O–H groups in total. The zero-order chi connectivity index (χ0) is 20.3. The highest BCUT2D eigenvalue weighted by Crippen LogP contribution is 2.31. The zero-order valence-electron chi connectivity index (χ0n) is 14.5. The Morgan fingerprint density at radius 2 is 2.00 bits per heavy atom. The molecule has 0 saturated carbocycles. The molecule has 0 spiro atoms. The monoisotopic (exact) mass is 410 g/mol. The lowest BCUT2D eigenvalue weighted by Gasteiger charge is -2.09. The van der Waals surface area contributed by atoms with Gasteiger partial charge >= 0.3 is 6.18 Å². The Morgan fingerprint density at radius 1 is 1.21 bits per heavy atom. The Hall–Kier alpha value is -2.94. The first-order valence-electron chi connectivity index (χ1n) is 8.15. The molecule has 1 heterocycles. The molecule has 0 aliphatic rings. The maximum absolute atomic E-state index is 14.3. The van der Waals surface area contributed by atoms with Gasteiger partial charge in [0.1, 0.15) is 22.3 Å². The maximum Gasteiger partial charge on any atom is 0.416 e. The number of anilines is 1. The van der Waals surface area contributed by atoms with Crippen LogP contribution < -0.4 is 10.1 Å². The van der Waals surface area contributed by atoms with E-state index < -0.39 is 23.5 Å². The molecule has 0 fully saturated rings. The zero-order valence-corrected chi connectivity index (χ0v) is 15.3. The standard InChI is InChI=1S/C19H14F4N2O2S/c1-2-27-13-6-7-14(15(20)9-13)18-25-16(10-28-18)17(26)24-12-5-3-4-11(8-12)19(21,22)23/h3-10H,2H2,1H3,(H,24,26). The van der Waals surface area contributed by atoms with E-state index in [2.05, 4.69) is 10.3 Å². The first kappa shape index (κ1) is 19.8. The summed E-state index contributed by atoms with van der Waals surface area (Å²) >= 11 is 1.05. The lowest BCUT2D eigenvalue weighted by atomic mass is 10.2. The van der Waals surface area contributed by atoms with Crippen molar-refractivity contribution in [3.05, 3.63) is 64.9 Å². The van der Waals surface area contributed by atoms with Crippen LogP contribution in [0.1, 0.15) is 23.0 Å². The minimum absolute atomic E-state index is 0.0124.